The largest absolute Gasteiger partial charge is 0.311 e. The average Bonchev–Trinajstić information content (AvgIpc) is 0.780. The molecule has 6 heteroatoms. The molecule has 20 rings (SSSR count). The fourth-order valence-electron chi connectivity index (χ4n) is 16.5. The number of nitrogens with zero attached hydrogens (tertiary/aromatic N) is 6. The highest BCUT2D eigenvalue weighted by Gasteiger charge is 2.22. The van der Waals surface area contributed by atoms with Gasteiger partial charge in [-0.2, -0.15) is 0 Å². The first-order valence-corrected chi connectivity index (χ1v) is 43.1. The van der Waals surface area contributed by atoms with E-state index in [2.05, 4.69) is 567 Å². The molecule has 606 valence electrons. The lowest BCUT2D eigenvalue weighted by Gasteiger charge is -2.27. The van der Waals surface area contributed by atoms with Crippen molar-refractivity contribution in [2.24, 2.45) is 0 Å². The molecule has 0 amide bonds. The van der Waals surface area contributed by atoms with Crippen molar-refractivity contribution in [2.75, 3.05) is 29.4 Å². The third kappa shape index (κ3) is 18.5. The van der Waals surface area contributed by atoms with Crippen molar-refractivity contribution in [3.8, 4) is 33.4 Å². The molecule has 0 radical (unpaired) electrons. The van der Waals surface area contributed by atoms with Gasteiger partial charge in [0.05, 0.1) is 11.4 Å². The lowest BCUT2D eigenvalue weighted by Crippen LogP contribution is -2.10. The maximum absolute atomic E-state index is 2.34. The van der Waals surface area contributed by atoms with E-state index < -0.39 is 0 Å². The lowest BCUT2D eigenvalue weighted by atomic mass is 10.0. The number of hydrogen-bond acceptors (Lipinski definition) is 6. The molecule has 0 atom stereocenters. The standard InChI is InChI=1S/C44H32N2.C40H36N2.C36H28N2/c1-3-17-37(18-4-1)45(43-23-11-15-35-13-7-9-21-41(35)43)39-29-25-33(26-30-39)34-27-31-40(32-28-34)46(38-19-5-2-6-20-38)44-24-12-16-36-14-8-10-22-42(36)44;1-29-5-17-35(18-6-29)41(36-19-7-30(2)8-20-36)39-25-13-33(14-26-39)34-15-27-40(28-16-34)42(37-21-9-31(3)10-22-37)38-23-11-32(4)12-24-38;1-5-13-31(14-6-1)37(32-15-7-2-8-16-32)35-25-21-29(22-26-35)30-23-27-36(28-24-30)38(33-17-9-3-10-18-33)34-19-11-4-12-20-34/h1-32H;5-28H,1-4H3;1-28H. The van der Waals surface area contributed by atoms with E-state index in [4.69, 9.17) is 0 Å². The number of benzene rings is 20. The summed E-state index contributed by atoms with van der Waals surface area (Å²) in [7, 11) is 0. The first-order chi connectivity index (χ1) is 62.1. The van der Waals surface area contributed by atoms with Crippen LogP contribution in [0.5, 0.6) is 0 Å². The van der Waals surface area contributed by atoms with E-state index >= 15 is 0 Å². The number of hydrogen-bond donors (Lipinski definition) is 0. The minimum absolute atomic E-state index is 1.12. The van der Waals surface area contributed by atoms with E-state index in [1.165, 1.54) is 77.2 Å². The number of para-hydroxylation sites is 6. The van der Waals surface area contributed by atoms with Crippen LogP contribution in [0.2, 0.25) is 0 Å². The second kappa shape index (κ2) is 38.2. The van der Waals surface area contributed by atoms with Crippen molar-refractivity contribution < 1.29 is 0 Å². The summed E-state index contributed by atoms with van der Waals surface area (Å²) in [6.45, 7) is 8.50. The SMILES string of the molecule is Cc1ccc(N(c2ccc(C)cc2)c2ccc(-c3ccc(N(c4ccc(C)cc4)c4ccc(C)cc4)cc3)cc2)cc1.c1ccc(N(c2ccc(-c3ccc(N(c4ccccc4)c4cccc5ccccc45)cc3)cc2)c2cccc3ccccc23)cc1.c1ccc(N(c2ccccc2)c2ccc(-c3ccc(N(c4ccccc4)c4ccccc4)cc3)cc2)cc1. The highest BCUT2D eigenvalue weighted by Crippen LogP contribution is 2.46. The van der Waals surface area contributed by atoms with Crippen LogP contribution in [-0.2, 0) is 0 Å². The van der Waals surface area contributed by atoms with E-state index in [-0.39, 0.29) is 0 Å². The predicted octanol–water partition coefficient (Wildman–Crippen LogP) is 34.4. The van der Waals surface area contributed by atoms with Gasteiger partial charge in [-0.25, -0.2) is 0 Å². The maximum Gasteiger partial charge on any atom is 0.0540 e. The van der Waals surface area contributed by atoms with Crippen molar-refractivity contribution in [1.82, 2.24) is 0 Å². The van der Waals surface area contributed by atoms with Gasteiger partial charge >= 0.3 is 0 Å². The number of anilines is 18. The monoisotopic (exact) mass is 1620 g/mol. The molecule has 0 saturated heterocycles. The highest BCUT2D eigenvalue weighted by molar-refractivity contribution is 6.01. The van der Waals surface area contributed by atoms with E-state index in [9.17, 15) is 0 Å². The number of fused-ring (bicyclic) bond motifs is 2. The van der Waals surface area contributed by atoms with E-state index in [1.54, 1.807) is 0 Å². The lowest BCUT2D eigenvalue weighted by molar-refractivity contribution is 1.26. The fraction of sp³-hybridized carbons (Fsp3) is 0.0333. The quantitative estimate of drug-likeness (QED) is 0.0709. The Balaban J connectivity index is 0.000000129. The predicted molar refractivity (Wildman–Crippen MR) is 538 cm³/mol. The minimum atomic E-state index is 1.12. The molecule has 0 N–H and O–H groups in total. The minimum Gasteiger partial charge on any atom is -0.311 e. The van der Waals surface area contributed by atoms with E-state index in [0.717, 1.165) is 102 Å². The summed E-state index contributed by atoms with van der Waals surface area (Å²) in [5.41, 5.74) is 32.6. The molecule has 0 bridgehead atoms. The summed E-state index contributed by atoms with van der Waals surface area (Å²) < 4.78 is 0. The van der Waals surface area contributed by atoms with Crippen LogP contribution in [0, 0.1) is 27.7 Å². The van der Waals surface area contributed by atoms with Crippen LogP contribution in [0.3, 0.4) is 0 Å². The van der Waals surface area contributed by atoms with Gasteiger partial charge in [0.25, 0.3) is 0 Å². The molecule has 6 nitrogen and oxygen atoms in total. The summed E-state index contributed by atoms with van der Waals surface area (Å²) in [6.07, 6.45) is 0. The van der Waals surface area contributed by atoms with Gasteiger partial charge in [0, 0.05) is 102 Å². The second-order valence-corrected chi connectivity index (χ2v) is 31.6. The highest BCUT2D eigenvalue weighted by atomic mass is 15.2. The molecule has 20 aromatic rings. The molecule has 0 aliphatic rings. The summed E-state index contributed by atoms with van der Waals surface area (Å²) >= 11 is 0. The Morgan fingerprint density at radius 2 is 0.254 bits per heavy atom. The van der Waals surface area contributed by atoms with Crippen LogP contribution in [0.15, 0.2) is 510 Å². The maximum atomic E-state index is 2.34. The average molecular weight is 1620 g/mol. The van der Waals surface area contributed by atoms with E-state index in [1.807, 2.05) is 0 Å². The summed E-state index contributed by atoms with van der Waals surface area (Å²) in [6, 6.07) is 181. The van der Waals surface area contributed by atoms with Crippen molar-refractivity contribution in [1.29, 1.82) is 0 Å². The fourth-order valence-corrected chi connectivity index (χ4v) is 16.5. The molecule has 0 spiro atoms. The Hall–Kier alpha value is -16.3. The number of aryl methyl sites for hydroxylation is 4. The van der Waals surface area contributed by atoms with Crippen LogP contribution in [0.4, 0.5) is 102 Å². The van der Waals surface area contributed by atoms with Gasteiger partial charge in [-0.05, 0) is 278 Å². The molecule has 0 aromatic heterocycles. The van der Waals surface area contributed by atoms with Gasteiger partial charge in [0.15, 0.2) is 0 Å². The first kappa shape index (κ1) is 80.8. The summed E-state index contributed by atoms with van der Waals surface area (Å²) in [5, 5.41) is 4.90. The molecular formula is C120H96N6. The Bertz CT molecular complexity index is 6280. The van der Waals surface area contributed by atoms with Gasteiger partial charge < -0.3 is 29.4 Å². The van der Waals surface area contributed by atoms with E-state index in [0.29, 0.717) is 0 Å². The Morgan fingerprint density at radius 3 is 0.452 bits per heavy atom. The zero-order valence-corrected chi connectivity index (χ0v) is 71.2. The smallest absolute Gasteiger partial charge is 0.0540 e. The van der Waals surface area contributed by atoms with Crippen LogP contribution >= 0.6 is 0 Å². The van der Waals surface area contributed by atoms with Gasteiger partial charge in [0.1, 0.15) is 0 Å². The normalized spacial score (nSPS) is 10.9. The van der Waals surface area contributed by atoms with Crippen molar-refractivity contribution >= 4 is 124 Å². The van der Waals surface area contributed by atoms with Crippen molar-refractivity contribution in [2.45, 2.75) is 27.7 Å². The Kier molecular flexibility index (Phi) is 24.5. The zero-order chi connectivity index (χ0) is 85.3. The van der Waals surface area contributed by atoms with Gasteiger partial charge in [0.2, 0.25) is 0 Å². The van der Waals surface area contributed by atoms with Gasteiger partial charge in [-0.1, -0.05) is 326 Å². The third-order valence-electron chi connectivity index (χ3n) is 23.0. The summed E-state index contributed by atoms with van der Waals surface area (Å²) in [5.74, 6) is 0. The Morgan fingerprint density at radius 1 is 0.111 bits per heavy atom. The van der Waals surface area contributed by atoms with Crippen molar-refractivity contribution in [3.63, 3.8) is 0 Å². The van der Waals surface area contributed by atoms with Crippen LogP contribution in [0.1, 0.15) is 22.3 Å². The third-order valence-corrected chi connectivity index (χ3v) is 23.0. The van der Waals surface area contributed by atoms with Crippen LogP contribution in [0.25, 0.3) is 54.9 Å². The molecule has 0 fully saturated rings. The second-order valence-electron chi connectivity index (χ2n) is 31.6. The van der Waals surface area contributed by atoms with Crippen LogP contribution < -0.4 is 29.4 Å². The molecule has 126 heavy (non-hydrogen) atoms. The first-order valence-electron chi connectivity index (χ1n) is 43.1. The van der Waals surface area contributed by atoms with Gasteiger partial charge in [-0.15, -0.1) is 0 Å². The zero-order valence-electron chi connectivity index (χ0n) is 71.2. The van der Waals surface area contributed by atoms with Crippen molar-refractivity contribution in [3.05, 3.63) is 532 Å². The molecule has 0 saturated carbocycles. The molecular weight excluding hydrogens is 1530 g/mol. The molecule has 0 aliphatic heterocycles. The Labute approximate surface area is 741 Å². The van der Waals surface area contributed by atoms with Crippen LogP contribution in [-0.4, -0.2) is 0 Å². The number of rotatable bonds is 21. The molecule has 0 heterocycles. The summed E-state index contributed by atoms with van der Waals surface area (Å²) in [4.78, 5) is 13.9. The molecule has 0 unspecified atom stereocenters. The topological polar surface area (TPSA) is 19.4 Å². The molecule has 20 aromatic carbocycles. The van der Waals surface area contributed by atoms with Gasteiger partial charge in [-0.3, -0.25) is 0 Å². The molecule has 0 aliphatic carbocycles.